The van der Waals surface area contributed by atoms with Gasteiger partial charge in [0.1, 0.15) is 17.0 Å². The third-order valence-corrected chi connectivity index (χ3v) is 7.17. The van der Waals surface area contributed by atoms with Crippen LogP contribution in [0.5, 0.6) is 0 Å². The number of rotatable bonds is 5. The predicted molar refractivity (Wildman–Crippen MR) is 124 cm³/mol. The van der Waals surface area contributed by atoms with Crippen LogP contribution >= 0.6 is 0 Å². The first-order valence-corrected chi connectivity index (χ1v) is 11.7. The van der Waals surface area contributed by atoms with Crippen LogP contribution in [0.3, 0.4) is 0 Å². The highest BCUT2D eigenvalue weighted by molar-refractivity contribution is 6.00. The summed E-state index contributed by atoms with van der Waals surface area (Å²) in [6.45, 7) is 4.74. The second-order valence-electron chi connectivity index (χ2n) is 9.58. The molecular formula is C26H30N4O3. The Hall–Kier alpha value is -3.35. The molecule has 7 heteroatoms. The van der Waals surface area contributed by atoms with Gasteiger partial charge in [0.25, 0.3) is 5.91 Å². The number of pyridine rings is 1. The Balaban J connectivity index is 1.50. The van der Waals surface area contributed by atoms with Crippen LogP contribution in [-0.2, 0) is 17.9 Å². The second kappa shape index (κ2) is 8.54. The fourth-order valence-corrected chi connectivity index (χ4v) is 5.06. The number of aromatic nitrogens is 2. The maximum Gasteiger partial charge on any atom is 0.271 e. The molecule has 1 atom stereocenters. The van der Waals surface area contributed by atoms with Gasteiger partial charge >= 0.3 is 0 Å². The number of furan rings is 1. The van der Waals surface area contributed by atoms with Crippen molar-refractivity contribution in [1.82, 2.24) is 19.8 Å². The summed E-state index contributed by atoms with van der Waals surface area (Å²) in [5.74, 6) is 1.08. The van der Waals surface area contributed by atoms with Crippen molar-refractivity contribution in [1.29, 1.82) is 0 Å². The van der Waals surface area contributed by atoms with Crippen molar-refractivity contribution >= 4 is 11.8 Å². The smallest absolute Gasteiger partial charge is 0.271 e. The SMILES string of the molecule is CC1CCC(NC(=O)[C@]2(C)Cn3c(ccc3-c3ccco3)C(=O)N2Cc2ccccn2)CC1. The molecular weight excluding hydrogens is 416 g/mol. The van der Waals surface area contributed by atoms with Gasteiger partial charge in [-0.3, -0.25) is 14.6 Å². The third-order valence-electron chi connectivity index (χ3n) is 7.17. The summed E-state index contributed by atoms with van der Waals surface area (Å²) in [7, 11) is 0. The molecule has 1 aliphatic heterocycles. The van der Waals surface area contributed by atoms with E-state index in [0.717, 1.165) is 37.1 Å². The largest absolute Gasteiger partial charge is 0.463 e. The van der Waals surface area contributed by atoms with Gasteiger partial charge < -0.3 is 19.2 Å². The van der Waals surface area contributed by atoms with Crippen molar-refractivity contribution in [2.24, 2.45) is 5.92 Å². The van der Waals surface area contributed by atoms with E-state index in [1.807, 2.05) is 54.0 Å². The lowest BCUT2D eigenvalue weighted by Gasteiger charge is -2.45. The van der Waals surface area contributed by atoms with Gasteiger partial charge in [0, 0.05) is 12.2 Å². The van der Waals surface area contributed by atoms with E-state index >= 15 is 0 Å². The van der Waals surface area contributed by atoms with E-state index in [4.69, 9.17) is 4.42 Å². The minimum absolute atomic E-state index is 0.115. The molecule has 0 saturated heterocycles. The van der Waals surface area contributed by atoms with Gasteiger partial charge in [-0.15, -0.1) is 0 Å². The van der Waals surface area contributed by atoms with E-state index in [1.54, 1.807) is 17.4 Å². The normalized spacial score (nSPS) is 25.0. The van der Waals surface area contributed by atoms with Gasteiger partial charge in [-0.25, -0.2) is 0 Å². The van der Waals surface area contributed by atoms with Crippen LogP contribution < -0.4 is 5.32 Å². The predicted octanol–water partition coefficient (Wildman–Crippen LogP) is 4.25. The molecule has 0 radical (unpaired) electrons. The molecule has 3 aromatic heterocycles. The average molecular weight is 447 g/mol. The number of amides is 2. The molecule has 1 saturated carbocycles. The quantitative estimate of drug-likeness (QED) is 0.635. The van der Waals surface area contributed by atoms with Crippen molar-refractivity contribution < 1.29 is 14.0 Å². The number of fused-ring (bicyclic) bond motifs is 1. The molecule has 1 aliphatic carbocycles. The Morgan fingerprint density at radius 3 is 2.61 bits per heavy atom. The topological polar surface area (TPSA) is 80.4 Å². The molecule has 7 nitrogen and oxygen atoms in total. The summed E-state index contributed by atoms with van der Waals surface area (Å²) in [6, 6.07) is 13.2. The maximum atomic E-state index is 13.8. The fraction of sp³-hybridized carbons (Fsp3) is 0.423. The highest BCUT2D eigenvalue weighted by Crippen LogP contribution is 2.34. The van der Waals surface area contributed by atoms with Gasteiger partial charge in [-0.05, 0) is 74.9 Å². The minimum Gasteiger partial charge on any atom is -0.463 e. The molecule has 33 heavy (non-hydrogen) atoms. The van der Waals surface area contributed by atoms with Crippen molar-refractivity contribution in [2.75, 3.05) is 0 Å². The number of nitrogens with zero attached hydrogens (tertiary/aromatic N) is 3. The maximum absolute atomic E-state index is 13.8. The first kappa shape index (κ1) is 21.5. The van der Waals surface area contributed by atoms with E-state index < -0.39 is 5.54 Å². The van der Waals surface area contributed by atoms with E-state index in [0.29, 0.717) is 23.9 Å². The number of hydrogen-bond donors (Lipinski definition) is 1. The van der Waals surface area contributed by atoms with Crippen molar-refractivity contribution in [3.63, 3.8) is 0 Å². The van der Waals surface area contributed by atoms with E-state index in [1.165, 1.54) is 0 Å². The zero-order valence-corrected chi connectivity index (χ0v) is 19.2. The molecule has 0 bridgehead atoms. The molecule has 4 heterocycles. The zero-order chi connectivity index (χ0) is 23.0. The lowest BCUT2D eigenvalue weighted by atomic mass is 9.86. The van der Waals surface area contributed by atoms with Crippen molar-refractivity contribution in [3.8, 4) is 11.5 Å². The number of carbonyl (C=O) groups excluding carboxylic acids is 2. The van der Waals surface area contributed by atoms with Crippen LogP contribution in [0.15, 0.2) is 59.3 Å². The van der Waals surface area contributed by atoms with Crippen LogP contribution in [-0.4, -0.2) is 37.8 Å². The van der Waals surface area contributed by atoms with Crippen LogP contribution in [0.2, 0.25) is 0 Å². The van der Waals surface area contributed by atoms with Crippen LogP contribution in [0.4, 0.5) is 0 Å². The summed E-state index contributed by atoms with van der Waals surface area (Å²) in [6.07, 6.45) is 7.50. The van der Waals surface area contributed by atoms with Crippen LogP contribution in [0, 0.1) is 5.92 Å². The lowest BCUT2D eigenvalue weighted by molar-refractivity contribution is -0.134. The summed E-state index contributed by atoms with van der Waals surface area (Å²) >= 11 is 0. The highest BCUT2D eigenvalue weighted by atomic mass is 16.3. The van der Waals surface area contributed by atoms with E-state index in [2.05, 4.69) is 17.2 Å². The molecule has 2 amide bonds. The Kier molecular flexibility index (Phi) is 5.56. The van der Waals surface area contributed by atoms with E-state index in [9.17, 15) is 9.59 Å². The summed E-state index contributed by atoms with van der Waals surface area (Å²) in [4.78, 5) is 33.6. The standard InChI is InChI=1S/C26H30N4O3/c1-18-8-10-19(11-9-18)28-25(32)26(2)17-29-21(23-7-5-15-33-23)12-13-22(29)24(31)30(26)16-20-6-3-4-14-27-20/h3-7,12-15,18-19H,8-11,16-17H2,1-2H3,(H,28,32)/t18?,19?,26-/m0/s1. The molecule has 1 fully saturated rings. The molecule has 0 unspecified atom stereocenters. The Bertz CT molecular complexity index is 1130. The minimum atomic E-state index is -1.06. The average Bonchev–Trinajstić information content (AvgIpc) is 3.49. The van der Waals surface area contributed by atoms with Gasteiger partial charge in [0.2, 0.25) is 5.91 Å². The Morgan fingerprint density at radius 1 is 1.12 bits per heavy atom. The number of nitrogens with one attached hydrogen (secondary N) is 1. The van der Waals surface area contributed by atoms with Crippen LogP contribution in [0.1, 0.15) is 55.7 Å². The lowest BCUT2D eigenvalue weighted by Crippen LogP contribution is -2.64. The Labute approximate surface area is 193 Å². The number of hydrogen-bond acceptors (Lipinski definition) is 4. The molecule has 2 aliphatic rings. The van der Waals surface area contributed by atoms with Gasteiger partial charge in [-0.1, -0.05) is 13.0 Å². The van der Waals surface area contributed by atoms with Crippen molar-refractivity contribution in [2.45, 2.75) is 64.2 Å². The van der Waals surface area contributed by atoms with E-state index in [-0.39, 0.29) is 24.4 Å². The first-order valence-electron chi connectivity index (χ1n) is 11.7. The van der Waals surface area contributed by atoms with Crippen LogP contribution in [0.25, 0.3) is 11.5 Å². The van der Waals surface area contributed by atoms with Gasteiger partial charge in [-0.2, -0.15) is 0 Å². The molecule has 172 valence electrons. The zero-order valence-electron chi connectivity index (χ0n) is 19.2. The molecule has 5 rings (SSSR count). The third kappa shape index (κ3) is 3.96. The summed E-state index contributed by atoms with van der Waals surface area (Å²) in [5, 5.41) is 3.27. The molecule has 0 aromatic carbocycles. The van der Waals surface area contributed by atoms with Crippen molar-refractivity contribution in [3.05, 3.63) is 66.3 Å². The van der Waals surface area contributed by atoms with Gasteiger partial charge in [0.05, 0.1) is 30.7 Å². The first-order chi connectivity index (χ1) is 16.0. The number of carbonyl (C=O) groups is 2. The Morgan fingerprint density at radius 2 is 1.91 bits per heavy atom. The highest BCUT2D eigenvalue weighted by Gasteiger charge is 2.48. The summed E-state index contributed by atoms with van der Waals surface area (Å²) < 4.78 is 7.52. The summed E-state index contributed by atoms with van der Waals surface area (Å²) in [5.41, 5.74) is 1.04. The second-order valence-corrected chi connectivity index (χ2v) is 9.58. The monoisotopic (exact) mass is 446 g/mol. The molecule has 0 spiro atoms. The molecule has 1 N–H and O–H groups in total. The van der Waals surface area contributed by atoms with Gasteiger partial charge in [0.15, 0.2) is 0 Å². The molecule has 3 aromatic rings. The fourth-order valence-electron chi connectivity index (χ4n) is 5.06.